The summed E-state index contributed by atoms with van der Waals surface area (Å²) in [5.41, 5.74) is 1.06. The van der Waals surface area contributed by atoms with Crippen molar-refractivity contribution in [3.05, 3.63) is 22.7 Å². The van der Waals surface area contributed by atoms with Gasteiger partial charge in [-0.15, -0.1) is 0 Å². The lowest BCUT2D eigenvalue weighted by Crippen LogP contribution is -2.15. The van der Waals surface area contributed by atoms with Crippen LogP contribution < -0.4 is 0 Å². The van der Waals surface area contributed by atoms with Crippen LogP contribution in [0.4, 0.5) is 0 Å². The Hall–Kier alpha value is -0.280. The molecule has 2 rings (SSSR count). The number of thioether (sulfide) groups is 1. The normalized spacial score (nSPS) is 17.3. The molecule has 18 heavy (non-hydrogen) atoms. The van der Waals surface area contributed by atoms with Gasteiger partial charge in [0.2, 0.25) is 0 Å². The molecule has 0 atom stereocenters. The van der Waals surface area contributed by atoms with E-state index in [0.29, 0.717) is 5.15 Å². The van der Waals surface area contributed by atoms with E-state index in [-0.39, 0.29) is 5.41 Å². The average Bonchev–Trinajstić information content (AvgIpc) is 2.77. The molecule has 1 heterocycles. The molecule has 1 aromatic heterocycles. The Morgan fingerprint density at radius 2 is 1.94 bits per heavy atom. The molecule has 1 saturated carbocycles. The maximum absolute atomic E-state index is 6.09. The largest absolute Gasteiger partial charge is 0.236 e. The third-order valence-electron chi connectivity index (χ3n) is 3.26. The molecule has 0 spiro atoms. The van der Waals surface area contributed by atoms with Gasteiger partial charge in [0.25, 0.3) is 0 Å². The van der Waals surface area contributed by atoms with Crippen LogP contribution in [-0.2, 0) is 11.2 Å². The van der Waals surface area contributed by atoms with Crippen LogP contribution in [0.25, 0.3) is 0 Å². The van der Waals surface area contributed by atoms with Gasteiger partial charge in [0.1, 0.15) is 11.0 Å². The van der Waals surface area contributed by atoms with Crippen LogP contribution in [0.2, 0.25) is 5.15 Å². The van der Waals surface area contributed by atoms with Gasteiger partial charge in [-0.2, -0.15) is 11.8 Å². The summed E-state index contributed by atoms with van der Waals surface area (Å²) in [5, 5.41) is 1.36. The van der Waals surface area contributed by atoms with E-state index in [9.17, 15) is 0 Å². The van der Waals surface area contributed by atoms with Crippen molar-refractivity contribution in [1.82, 2.24) is 9.97 Å². The van der Waals surface area contributed by atoms with Crippen molar-refractivity contribution in [2.45, 2.75) is 62.9 Å². The molecule has 0 saturated heterocycles. The predicted octanol–water partition coefficient (Wildman–Crippen LogP) is 4.60. The third-order valence-corrected chi connectivity index (χ3v) is 4.82. The molecule has 100 valence electrons. The quantitative estimate of drug-likeness (QED) is 0.759. The molecule has 0 bridgehead atoms. The number of hydrogen-bond acceptors (Lipinski definition) is 3. The summed E-state index contributed by atoms with van der Waals surface area (Å²) in [4.78, 5) is 8.99. The first-order chi connectivity index (χ1) is 8.45. The van der Waals surface area contributed by atoms with Crippen LogP contribution >= 0.6 is 23.4 Å². The van der Waals surface area contributed by atoms with Crippen molar-refractivity contribution >= 4 is 23.4 Å². The Kier molecular flexibility index (Phi) is 4.54. The number of aromatic nitrogens is 2. The van der Waals surface area contributed by atoms with Gasteiger partial charge in [0, 0.05) is 10.7 Å². The van der Waals surface area contributed by atoms with Gasteiger partial charge in [-0.1, -0.05) is 45.2 Å². The highest BCUT2D eigenvalue weighted by Gasteiger charge is 2.19. The SMILES string of the molecule is CC(C)(C)c1cc(Cl)nc(CSC2CCCC2)n1. The standard InChI is InChI=1S/C14H21ClN2S/c1-14(2,3)11-8-12(15)17-13(16-11)9-18-10-6-4-5-7-10/h8,10H,4-7,9H2,1-3H3. The molecule has 2 nitrogen and oxygen atoms in total. The fraction of sp³-hybridized carbons (Fsp3) is 0.714. The molecular formula is C14H21ClN2S. The van der Waals surface area contributed by atoms with Gasteiger partial charge < -0.3 is 0 Å². The zero-order valence-electron chi connectivity index (χ0n) is 11.4. The van der Waals surface area contributed by atoms with Crippen molar-refractivity contribution in [1.29, 1.82) is 0 Å². The van der Waals surface area contributed by atoms with Gasteiger partial charge in [-0.25, -0.2) is 9.97 Å². The zero-order chi connectivity index (χ0) is 13.2. The summed E-state index contributed by atoms with van der Waals surface area (Å²) in [6, 6.07) is 1.88. The summed E-state index contributed by atoms with van der Waals surface area (Å²) in [5.74, 6) is 1.76. The fourth-order valence-electron chi connectivity index (χ4n) is 2.16. The highest BCUT2D eigenvalue weighted by atomic mass is 35.5. The Labute approximate surface area is 119 Å². The Bertz CT molecular complexity index is 409. The molecule has 0 unspecified atom stereocenters. The van der Waals surface area contributed by atoms with Gasteiger partial charge in [-0.3, -0.25) is 0 Å². The lowest BCUT2D eigenvalue weighted by Gasteiger charge is -2.18. The number of halogens is 1. The van der Waals surface area contributed by atoms with E-state index < -0.39 is 0 Å². The second kappa shape index (κ2) is 5.79. The molecule has 4 heteroatoms. The predicted molar refractivity (Wildman–Crippen MR) is 79.3 cm³/mol. The second-order valence-corrected chi connectivity index (χ2v) is 7.64. The van der Waals surface area contributed by atoms with Crippen molar-refractivity contribution in [3.63, 3.8) is 0 Å². The van der Waals surface area contributed by atoms with Crippen molar-refractivity contribution in [3.8, 4) is 0 Å². The summed E-state index contributed by atoms with van der Waals surface area (Å²) in [6.45, 7) is 6.46. The number of nitrogens with zero attached hydrogens (tertiary/aromatic N) is 2. The molecule has 0 radical (unpaired) electrons. The number of hydrogen-bond donors (Lipinski definition) is 0. The second-order valence-electron chi connectivity index (χ2n) is 5.96. The molecule has 1 aliphatic rings. The average molecular weight is 285 g/mol. The van der Waals surface area contributed by atoms with E-state index in [1.165, 1.54) is 25.7 Å². The van der Waals surface area contributed by atoms with Gasteiger partial charge >= 0.3 is 0 Å². The minimum Gasteiger partial charge on any atom is -0.236 e. The highest BCUT2D eigenvalue weighted by molar-refractivity contribution is 7.99. The van der Waals surface area contributed by atoms with E-state index >= 15 is 0 Å². The van der Waals surface area contributed by atoms with E-state index in [2.05, 4.69) is 30.7 Å². The van der Waals surface area contributed by atoms with E-state index in [1.54, 1.807) is 0 Å². The van der Waals surface area contributed by atoms with E-state index in [1.807, 2.05) is 17.8 Å². The number of rotatable bonds is 3. The van der Waals surface area contributed by atoms with Crippen LogP contribution in [-0.4, -0.2) is 15.2 Å². The van der Waals surface area contributed by atoms with Crippen LogP contribution in [0.1, 0.15) is 58.0 Å². The van der Waals surface area contributed by atoms with Crippen molar-refractivity contribution < 1.29 is 0 Å². The molecule has 1 aromatic rings. The monoisotopic (exact) mass is 284 g/mol. The molecule has 0 aromatic carbocycles. The topological polar surface area (TPSA) is 25.8 Å². The van der Waals surface area contributed by atoms with Crippen LogP contribution in [0.5, 0.6) is 0 Å². The van der Waals surface area contributed by atoms with Crippen LogP contribution in [0, 0.1) is 0 Å². The van der Waals surface area contributed by atoms with Crippen molar-refractivity contribution in [2.75, 3.05) is 0 Å². The zero-order valence-corrected chi connectivity index (χ0v) is 12.9. The maximum atomic E-state index is 6.09. The molecule has 1 fully saturated rings. The lowest BCUT2D eigenvalue weighted by molar-refractivity contribution is 0.564. The van der Waals surface area contributed by atoms with Gasteiger partial charge in [0.15, 0.2) is 0 Å². The molecular weight excluding hydrogens is 264 g/mol. The maximum Gasteiger partial charge on any atom is 0.140 e. The van der Waals surface area contributed by atoms with E-state index in [4.69, 9.17) is 11.6 Å². The minimum absolute atomic E-state index is 0.0271. The van der Waals surface area contributed by atoms with E-state index in [0.717, 1.165) is 22.5 Å². The lowest BCUT2D eigenvalue weighted by atomic mass is 9.92. The smallest absolute Gasteiger partial charge is 0.140 e. The summed E-state index contributed by atoms with van der Waals surface area (Å²) in [7, 11) is 0. The Balaban J connectivity index is 2.05. The van der Waals surface area contributed by atoms with Crippen LogP contribution in [0.3, 0.4) is 0 Å². The molecule has 0 aliphatic heterocycles. The minimum atomic E-state index is 0.0271. The third kappa shape index (κ3) is 3.86. The molecule has 1 aliphatic carbocycles. The first-order valence-corrected chi connectivity index (χ1v) is 8.03. The fourth-order valence-corrected chi connectivity index (χ4v) is 3.54. The molecule has 0 amide bonds. The summed E-state index contributed by atoms with van der Waals surface area (Å²) < 4.78 is 0. The van der Waals surface area contributed by atoms with Crippen LogP contribution in [0.15, 0.2) is 6.07 Å². The first-order valence-electron chi connectivity index (χ1n) is 6.61. The van der Waals surface area contributed by atoms with Gasteiger partial charge in [0.05, 0.1) is 11.4 Å². The molecule has 0 N–H and O–H groups in total. The first kappa shape index (κ1) is 14.1. The van der Waals surface area contributed by atoms with Gasteiger partial charge in [-0.05, 0) is 18.9 Å². The summed E-state index contributed by atoms with van der Waals surface area (Å²) in [6.07, 6.45) is 5.44. The summed E-state index contributed by atoms with van der Waals surface area (Å²) >= 11 is 8.07. The van der Waals surface area contributed by atoms with Crippen molar-refractivity contribution in [2.24, 2.45) is 0 Å². The highest BCUT2D eigenvalue weighted by Crippen LogP contribution is 2.31. The Morgan fingerprint density at radius 1 is 1.28 bits per heavy atom. The Morgan fingerprint density at radius 3 is 2.56 bits per heavy atom.